The molecule has 1 amide bonds. The fourth-order valence-corrected chi connectivity index (χ4v) is 6.10. The molecule has 1 saturated carbocycles. The third-order valence-corrected chi connectivity index (χ3v) is 8.73. The molecule has 1 unspecified atom stereocenters. The number of amides is 1. The van der Waals surface area contributed by atoms with Gasteiger partial charge < -0.3 is 15.1 Å². The fourth-order valence-electron chi connectivity index (χ4n) is 6.10. The number of likely N-dealkylation sites (tertiary alicyclic amines) is 1. The lowest BCUT2D eigenvalue weighted by Crippen LogP contribution is -2.43. The largest absolute Gasteiger partial charge is 0.375 e. The lowest BCUT2D eigenvalue weighted by Gasteiger charge is -2.37. The SMILES string of the molecule is Cc1cc(C2CCC2)c(C2=NC([C@@H]3CCCO3)NN2)cc1C(=O)N1CCC(F)(c2ccc(C#N)cc2)CC1. The summed E-state index contributed by atoms with van der Waals surface area (Å²) in [7, 11) is 0. The van der Waals surface area contributed by atoms with Crippen molar-refractivity contribution in [2.75, 3.05) is 19.7 Å². The van der Waals surface area contributed by atoms with Crippen LogP contribution in [0, 0.1) is 18.3 Å². The number of rotatable bonds is 5. The van der Waals surface area contributed by atoms with Crippen molar-refractivity contribution in [1.29, 1.82) is 5.26 Å². The average molecular weight is 516 g/mol. The van der Waals surface area contributed by atoms with Gasteiger partial charge in [-0.25, -0.2) is 14.8 Å². The zero-order chi connectivity index (χ0) is 26.3. The van der Waals surface area contributed by atoms with Crippen molar-refractivity contribution < 1.29 is 13.9 Å². The standard InChI is InChI=1S/C30H34FN5O2/c1-19-16-24(21-4-2-5-21)25(27-33-28(35-34-27)26-6-3-15-38-26)17-23(19)29(37)36-13-11-30(31,12-14-36)22-9-7-20(18-32)8-10-22/h7-10,16-17,21,26,28,35H,2-6,11-15H2,1H3,(H,33,34)/t26-,28?/m0/s1. The van der Waals surface area contributed by atoms with Crippen molar-refractivity contribution in [3.05, 3.63) is 69.8 Å². The minimum Gasteiger partial charge on any atom is -0.375 e. The molecule has 198 valence electrons. The van der Waals surface area contributed by atoms with Gasteiger partial charge in [-0.2, -0.15) is 5.26 Å². The number of benzene rings is 2. The molecular formula is C30H34FN5O2. The van der Waals surface area contributed by atoms with E-state index in [1.807, 2.05) is 13.0 Å². The monoisotopic (exact) mass is 515 g/mol. The van der Waals surface area contributed by atoms with Gasteiger partial charge in [0, 0.05) is 43.7 Å². The zero-order valence-electron chi connectivity index (χ0n) is 21.8. The number of aliphatic imine (C=N–C) groups is 1. The van der Waals surface area contributed by atoms with E-state index in [4.69, 9.17) is 15.0 Å². The van der Waals surface area contributed by atoms with E-state index in [0.29, 0.717) is 35.7 Å². The zero-order valence-corrected chi connectivity index (χ0v) is 21.8. The van der Waals surface area contributed by atoms with E-state index < -0.39 is 5.67 Å². The maximum atomic E-state index is 15.8. The minimum atomic E-state index is -1.50. The van der Waals surface area contributed by atoms with Gasteiger partial charge in [0.15, 0.2) is 0 Å². The quantitative estimate of drug-likeness (QED) is 0.608. The third kappa shape index (κ3) is 4.59. The molecule has 2 saturated heterocycles. The van der Waals surface area contributed by atoms with Crippen LogP contribution in [0.15, 0.2) is 41.4 Å². The molecule has 6 rings (SSSR count). The Balaban J connectivity index is 1.23. The van der Waals surface area contributed by atoms with Crippen LogP contribution in [0.25, 0.3) is 0 Å². The van der Waals surface area contributed by atoms with Crippen LogP contribution in [0.3, 0.4) is 0 Å². The van der Waals surface area contributed by atoms with Gasteiger partial charge in [-0.3, -0.25) is 4.79 Å². The Labute approximate surface area is 223 Å². The second kappa shape index (κ2) is 10.1. The van der Waals surface area contributed by atoms with Crippen LogP contribution >= 0.6 is 0 Å². The number of carbonyl (C=O) groups excluding carboxylic acids is 1. The number of alkyl halides is 1. The topological polar surface area (TPSA) is 89.8 Å². The summed E-state index contributed by atoms with van der Waals surface area (Å²) < 4.78 is 21.7. The highest BCUT2D eigenvalue weighted by Gasteiger charge is 2.38. The fraction of sp³-hybridized carbons (Fsp3) is 0.500. The Morgan fingerprint density at radius 2 is 1.92 bits per heavy atom. The number of halogens is 1. The molecule has 1 aliphatic carbocycles. The number of ether oxygens (including phenoxy) is 1. The average Bonchev–Trinajstić information content (AvgIpc) is 3.61. The summed E-state index contributed by atoms with van der Waals surface area (Å²) in [4.78, 5) is 20.4. The summed E-state index contributed by atoms with van der Waals surface area (Å²) in [5, 5.41) is 9.04. The van der Waals surface area contributed by atoms with Gasteiger partial charge in [-0.1, -0.05) is 24.6 Å². The van der Waals surface area contributed by atoms with Crippen LogP contribution in [-0.4, -0.2) is 48.6 Å². The molecule has 4 aliphatic rings. The van der Waals surface area contributed by atoms with Crippen LogP contribution < -0.4 is 10.9 Å². The van der Waals surface area contributed by atoms with Gasteiger partial charge in [0.1, 0.15) is 17.7 Å². The molecule has 3 heterocycles. The Kier molecular flexibility index (Phi) is 6.67. The number of carbonyl (C=O) groups is 1. The Bertz CT molecular complexity index is 1280. The normalized spacial score (nSPS) is 24.9. The van der Waals surface area contributed by atoms with Crippen LogP contribution in [0.4, 0.5) is 4.39 Å². The number of nitrogens with one attached hydrogen (secondary N) is 2. The van der Waals surface area contributed by atoms with Gasteiger partial charge in [0.2, 0.25) is 0 Å². The minimum absolute atomic E-state index is 0.0594. The molecule has 2 aromatic carbocycles. The van der Waals surface area contributed by atoms with Crippen LogP contribution in [0.5, 0.6) is 0 Å². The molecule has 2 atom stereocenters. The second-order valence-corrected chi connectivity index (χ2v) is 11.1. The second-order valence-electron chi connectivity index (χ2n) is 11.1. The van der Waals surface area contributed by atoms with E-state index >= 15 is 4.39 Å². The first-order valence-electron chi connectivity index (χ1n) is 13.8. The molecule has 3 fully saturated rings. The smallest absolute Gasteiger partial charge is 0.254 e. The molecule has 8 heteroatoms. The van der Waals surface area contributed by atoms with Crippen molar-refractivity contribution in [3.8, 4) is 6.07 Å². The number of hydrazine groups is 1. The molecule has 7 nitrogen and oxygen atoms in total. The number of aryl methyl sites for hydroxylation is 1. The number of hydrogen-bond donors (Lipinski definition) is 2. The maximum Gasteiger partial charge on any atom is 0.254 e. The maximum absolute atomic E-state index is 15.8. The summed E-state index contributed by atoms with van der Waals surface area (Å²) in [5.74, 6) is 1.19. The van der Waals surface area contributed by atoms with E-state index in [9.17, 15) is 4.79 Å². The van der Waals surface area contributed by atoms with E-state index in [1.54, 1.807) is 29.2 Å². The van der Waals surface area contributed by atoms with Gasteiger partial charge in [-0.05, 0) is 73.4 Å². The number of piperidine rings is 1. The van der Waals surface area contributed by atoms with Gasteiger partial charge in [-0.15, -0.1) is 0 Å². The van der Waals surface area contributed by atoms with Crippen molar-refractivity contribution in [1.82, 2.24) is 15.8 Å². The Morgan fingerprint density at radius 1 is 1.16 bits per heavy atom. The number of nitriles is 1. The predicted molar refractivity (Wildman–Crippen MR) is 142 cm³/mol. The lowest BCUT2D eigenvalue weighted by atomic mass is 9.77. The number of amidine groups is 1. The summed E-state index contributed by atoms with van der Waals surface area (Å²) in [5.41, 5.74) is 9.96. The molecule has 0 aromatic heterocycles. The van der Waals surface area contributed by atoms with Gasteiger partial charge in [0.25, 0.3) is 5.91 Å². The molecule has 2 aromatic rings. The van der Waals surface area contributed by atoms with Gasteiger partial charge >= 0.3 is 0 Å². The van der Waals surface area contributed by atoms with E-state index in [0.717, 1.165) is 49.3 Å². The van der Waals surface area contributed by atoms with Crippen molar-refractivity contribution >= 4 is 11.7 Å². The van der Waals surface area contributed by atoms with Crippen molar-refractivity contribution in [2.45, 2.75) is 75.7 Å². The highest BCUT2D eigenvalue weighted by Crippen LogP contribution is 2.40. The third-order valence-electron chi connectivity index (χ3n) is 8.73. The van der Waals surface area contributed by atoms with Crippen LogP contribution in [0.1, 0.15) is 89.0 Å². The highest BCUT2D eigenvalue weighted by molar-refractivity contribution is 6.04. The summed E-state index contributed by atoms with van der Waals surface area (Å²) in [6.45, 7) is 3.45. The Hall–Kier alpha value is -3.28. The summed E-state index contributed by atoms with van der Waals surface area (Å²) in [6, 6.07) is 12.9. The molecule has 38 heavy (non-hydrogen) atoms. The van der Waals surface area contributed by atoms with Gasteiger partial charge in [0.05, 0.1) is 17.7 Å². The molecule has 0 spiro atoms. The molecule has 2 N–H and O–H groups in total. The highest BCUT2D eigenvalue weighted by atomic mass is 19.1. The van der Waals surface area contributed by atoms with Crippen molar-refractivity contribution in [2.24, 2.45) is 4.99 Å². The molecular weight excluding hydrogens is 481 g/mol. The number of nitrogens with zero attached hydrogens (tertiary/aromatic N) is 3. The van der Waals surface area contributed by atoms with E-state index in [-0.39, 0.29) is 31.0 Å². The van der Waals surface area contributed by atoms with E-state index in [2.05, 4.69) is 23.0 Å². The lowest BCUT2D eigenvalue weighted by molar-refractivity contribution is 0.0421. The first-order valence-corrected chi connectivity index (χ1v) is 13.8. The predicted octanol–water partition coefficient (Wildman–Crippen LogP) is 4.59. The van der Waals surface area contributed by atoms with Crippen molar-refractivity contribution in [3.63, 3.8) is 0 Å². The Morgan fingerprint density at radius 3 is 2.55 bits per heavy atom. The first-order chi connectivity index (χ1) is 18.4. The van der Waals surface area contributed by atoms with E-state index in [1.165, 1.54) is 12.0 Å². The molecule has 0 bridgehead atoms. The number of hydrogen-bond acceptors (Lipinski definition) is 6. The first kappa shape index (κ1) is 25.0. The van der Waals surface area contributed by atoms with Crippen LogP contribution in [-0.2, 0) is 10.4 Å². The molecule has 3 aliphatic heterocycles. The summed E-state index contributed by atoms with van der Waals surface area (Å²) >= 11 is 0. The molecule has 0 radical (unpaired) electrons. The summed E-state index contributed by atoms with van der Waals surface area (Å²) in [6.07, 6.45) is 5.94. The van der Waals surface area contributed by atoms with Crippen LogP contribution in [0.2, 0.25) is 0 Å².